The largest absolute Gasteiger partial charge is 0.446 e. The summed E-state index contributed by atoms with van der Waals surface area (Å²) in [5.41, 5.74) is 4.55. The molecule has 5 rings (SSSR count). The Bertz CT molecular complexity index is 1220. The minimum absolute atomic E-state index is 0.175. The minimum atomic E-state index is -0.594. The Balaban J connectivity index is 1.46. The highest BCUT2D eigenvalue weighted by molar-refractivity contribution is 6.06. The number of hydrogen-bond acceptors (Lipinski definition) is 4. The third kappa shape index (κ3) is 3.94. The van der Waals surface area contributed by atoms with Crippen LogP contribution in [0.2, 0.25) is 0 Å². The Kier molecular flexibility index (Phi) is 5.75. The van der Waals surface area contributed by atoms with Crippen molar-refractivity contribution in [3.05, 3.63) is 70.9 Å². The average Bonchev–Trinajstić information content (AvgIpc) is 3.57. The maximum absolute atomic E-state index is 13.3. The van der Waals surface area contributed by atoms with Crippen molar-refractivity contribution in [2.75, 3.05) is 6.61 Å². The molecule has 2 aliphatic rings. The SMILES string of the molecule is CCc1nn(C2CCCC2)c2cc(C=C(C)C(=O)N3C(=O)OC[C@H]3c3ccccc3)ccc12. The molecule has 1 aliphatic carbocycles. The van der Waals surface area contributed by atoms with Crippen LogP contribution in [0, 0.1) is 0 Å². The number of rotatable bonds is 5. The number of amides is 2. The van der Waals surface area contributed by atoms with Gasteiger partial charge in [-0.3, -0.25) is 9.48 Å². The van der Waals surface area contributed by atoms with Crippen molar-refractivity contribution in [2.24, 2.45) is 0 Å². The summed E-state index contributed by atoms with van der Waals surface area (Å²) in [6.45, 7) is 4.07. The molecule has 0 N–H and O–H groups in total. The number of benzene rings is 2. The number of hydrogen-bond donors (Lipinski definition) is 0. The third-order valence-electron chi connectivity index (χ3n) is 6.81. The van der Waals surface area contributed by atoms with Gasteiger partial charge >= 0.3 is 6.09 Å². The van der Waals surface area contributed by atoms with Crippen molar-refractivity contribution in [1.29, 1.82) is 0 Å². The van der Waals surface area contributed by atoms with Gasteiger partial charge < -0.3 is 4.74 Å². The van der Waals surface area contributed by atoms with E-state index in [4.69, 9.17) is 9.84 Å². The summed E-state index contributed by atoms with van der Waals surface area (Å²) in [7, 11) is 0. The zero-order valence-electron chi connectivity index (χ0n) is 19.2. The molecular weight excluding hydrogens is 414 g/mol. The molecule has 6 nitrogen and oxygen atoms in total. The van der Waals surface area contributed by atoms with E-state index in [1.165, 1.54) is 23.1 Å². The zero-order valence-corrected chi connectivity index (χ0v) is 19.2. The molecule has 0 bridgehead atoms. The lowest BCUT2D eigenvalue weighted by Gasteiger charge is -2.20. The fourth-order valence-corrected chi connectivity index (χ4v) is 5.07. The molecule has 1 aromatic heterocycles. The molecule has 2 amide bonds. The van der Waals surface area contributed by atoms with Gasteiger partial charge in [-0.1, -0.05) is 62.2 Å². The summed E-state index contributed by atoms with van der Waals surface area (Å²) in [5.74, 6) is -0.329. The summed E-state index contributed by atoms with van der Waals surface area (Å²) in [6, 6.07) is 15.8. The molecule has 6 heteroatoms. The van der Waals surface area contributed by atoms with Crippen molar-refractivity contribution in [1.82, 2.24) is 14.7 Å². The van der Waals surface area contributed by atoms with Crippen LogP contribution in [0.25, 0.3) is 17.0 Å². The second-order valence-corrected chi connectivity index (χ2v) is 8.97. The van der Waals surface area contributed by atoms with Crippen molar-refractivity contribution < 1.29 is 14.3 Å². The minimum Gasteiger partial charge on any atom is -0.446 e. The van der Waals surface area contributed by atoms with Crippen LogP contribution < -0.4 is 0 Å². The van der Waals surface area contributed by atoms with Gasteiger partial charge in [0.2, 0.25) is 0 Å². The fraction of sp³-hybridized carbons (Fsp3) is 0.370. The monoisotopic (exact) mass is 443 g/mol. The van der Waals surface area contributed by atoms with Gasteiger partial charge in [-0.05, 0) is 49.5 Å². The molecule has 0 unspecified atom stereocenters. The lowest BCUT2D eigenvalue weighted by atomic mass is 10.0. The maximum Gasteiger partial charge on any atom is 0.417 e. The molecule has 1 saturated heterocycles. The summed E-state index contributed by atoms with van der Waals surface area (Å²) in [6.07, 6.45) is 6.97. The smallest absolute Gasteiger partial charge is 0.417 e. The Morgan fingerprint density at radius 2 is 1.91 bits per heavy atom. The molecule has 0 radical (unpaired) electrons. The lowest BCUT2D eigenvalue weighted by Crippen LogP contribution is -2.34. The standard InChI is InChI=1S/C27H29N3O3/c1-3-23-22-14-13-19(16-24(22)30(28-23)21-11-7-8-12-21)15-18(2)26(31)29-25(17-33-27(29)32)20-9-5-4-6-10-20/h4-6,9-10,13-16,21,25H,3,7-8,11-12,17H2,1-2H3/t25-/m0/s1. The normalized spacial score (nSPS) is 19.5. The van der Waals surface area contributed by atoms with Gasteiger partial charge in [-0.15, -0.1) is 0 Å². The van der Waals surface area contributed by atoms with E-state index in [0.717, 1.165) is 41.6 Å². The van der Waals surface area contributed by atoms with Crippen LogP contribution in [-0.2, 0) is 16.0 Å². The molecular formula is C27H29N3O3. The predicted molar refractivity (Wildman–Crippen MR) is 128 cm³/mol. The van der Waals surface area contributed by atoms with Crippen LogP contribution in [-0.4, -0.2) is 33.3 Å². The number of fused-ring (bicyclic) bond motifs is 1. The number of carbonyl (C=O) groups excluding carboxylic acids is 2. The van der Waals surface area contributed by atoms with E-state index < -0.39 is 12.1 Å². The van der Waals surface area contributed by atoms with E-state index >= 15 is 0 Å². The summed E-state index contributed by atoms with van der Waals surface area (Å²) >= 11 is 0. The molecule has 2 aromatic carbocycles. The van der Waals surface area contributed by atoms with E-state index in [-0.39, 0.29) is 12.5 Å². The molecule has 2 fully saturated rings. The first-order valence-electron chi connectivity index (χ1n) is 11.8. The summed E-state index contributed by atoms with van der Waals surface area (Å²) < 4.78 is 7.42. The van der Waals surface area contributed by atoms with Crippen LogP contribution in [0.5, 0.6) is 0 Å². The number of aryl methyl sites for hydroxylation is 1. The van der Waals surface area contributed by atoms with Crippen molar-refractivity contribution in [3.8, 4) is 0 Å². The molecule has 0 spiro atoms. The highest BCUT2D eigenvalue weighted by Crippen LogP contribution is 2.34. The lowest BCUT2D eigenvalue weighted by molar-refractivity contribution is -0.125. The van der Waals surface area contributed by atoms with E-state index in [1.54, 1.807) is 6.92 Å². The summed E-state index contributed by atoms with van der Waals surface area (Å²) in [4.78, 5) is 26.9. The number of nitrogens with zero attached hydrogens (tertiary/aromatic N) is 3. The second-order valence-electron chi connectivity index (χ2n) is 8.97. The topological polar surface area (TPSA) is 64.4 Å². The number of aromatic nitrogens is 2. The van der Waals surface area contributed by atoms with Gasteiger partial charge in [0.05, 0.1) is 17.3 Å². The van der Waals surface area contributed by atoms with Crippen molar-refractivity contribution in [3.63, 3.8) is 0 Å². The van der Waals surface area contributed by atoms with Gasteiger partial charge in [-0.25, -0.2) is 9.69 Å². The highest BCUT2D eigenvalue weighted by atomic mass is 16.6. The van der Waals surface area contributed by atoms with Crippen molar-refractivity contribution >= 4 is 29.0 Å². The van der Waals surface area contributed by atoms with E-state index in [0.29, 0.717) is 11.6 Å². The Hall–Kier alpha value is -3.41. The quantitative estimate of drug-likeness (QED) is 0.465. The van der Waals surface area contributed by atoms with Crippen LogP contribution in [0.1, 0.15) is 68.4 Å². The molecule has 1 saturated carbocycles. The van der Waals surface area contributed by atoms with Crippen LogP contribution in [0.15, 0.2) is 54.1 Å². The molecule has 2 heterocycles. The Labute approximate surface area is 193 Å². The highest BCUT2D eigenvalue weighted by Gasteiger charge is 2.39. The van der Waals surface area contributed by atoms with Gasteiger partial charge in [0.1, 0.15) is 12.6 Å². The number of cyclic esters (lactones) is 1. The number of ether oxygens (including phenoxy) is 1. The first-order chi connectivity index (χ1) is 16.1. The number of imide groups is 1. The first-order valence-corrected chi connectivity index (χ1v) is 11.8. The molecule has 33 heavy (non-hydrogen) atoms. The van der Waals surface area contributed by atoms with E-state index in [9.17, 15) is 9.59 Å². The Morgan fingerprint density at radius 3 is 2.64 bits per heavy atom. The number of carbonyl (C=O) groups is 2. The van der Waals surface area contributed by atoms with E-state index in [1.807, 2.05) is 42.5 Å². The van der Waals surface area contributed by atoms with Crippen LogP contribution in [0.3, 0.4) is 0 Å². The zero-order chi connectivity index (χ0) is 22.9. The van der Waals surface area contributed by atoms with Crippen LogP contribution >= 0.6 is 0 Å². The molecule has 170 valence electrons. The van der Waals surface area contributed by atoms with Gasteiger partial charge in [0, 0.05) is 11.0 Å². The summed E-state index contributed by atoms with van der Waals surface area (Å²) in [5, 5.41) is 6.10. The van der Waals surface area contributed by atoms with E-state index in [2.05, 4.69) is 23.7 Å². The molecule has 1 aliphatic heterocycles. The molecule has 1 atom stereocenters. The van der Waals surface area contributed by atoms with Gasteiger partial charge in [0.15, 0.2) is 0 Å². The van der Waals surface area contributed by atoms with Gasteiger partial charge in [0.25, 0.3) is 5.91 Å². The third-order valence-corrected chi connectivity index (χ3v) is 6.81. The Morgan fingerprint density at radius 1 is 1.15 bits per heavy atom. The fourth-order valence-electron chi connectivity index (χ4n) is 5.07. The second kappa shape index (κ2) is 8.85. The molecule has 3 aromatic rings. The van der Waals surface area contributed by atoms with Crippen LogP contribution in [0.4, 0.5) is 4.79 Å². The predicted octanol–water partition coefficient (Wildman–Crippen LogP) is 5.84. The first kappa shape index (κ1) is 21.4. The van der Waals surface area contributed by atoms with Gasteiger partial charge in [-0.2, -0.15) is 5.10 Å². The maximum atomic E-state index is 13.3. The average molecular weight is 444 g/mol. The van der Waals surface area contributed by atoms with Crippen molar-refractivity contribution in [2.45, 2.75) is 58.0 Å².